The van der Waals surface area contributed by atoms with Crippen LogP contribution in [-0.4, -0.2) is 35.9 Å². The van der Waals surface area contributed by atoms with Crippen LogP contribution in [0.2, 0.25) is 5.02 Å². The zero-order valence-electron chi connectivity index (χ0n) is 17.4. The number of carbonyl (C=O) groups is 1. The third-order valence-electron chi connectivity index (χ3n) is 4.49. The summed E-state index contributed by atoms with van der Waals surface area (Å²) in [6.07, 6.45) is -0.419. The first kappa shape index (κ1) is 22.6. The normalized spacial score (nSPS) is 11.7. The Bertz CT molecular complexity index is 1020. The Balaban J connectivity index is 1.82. The minimum absolute atomic E-state index is 0.337. The van der Waals surface area contributed by atoms with Gasteiger partial charge in [-0.2, -0.15) is 0 Å². The second kappa shape index (κ2) is 10.8. The van der Waals surface area contributed by atoms with E-state index in [1.807, 2.05) is 56.3 Å². The molecule has 1 aromatic heterocycles. The van der Waals surface area contributed by atoms with E-state index in [4.69, 9.17) is 35.9 Å². The maximum Gasteiger partial charge on any atom is 0.341 e. The molecule has 2 aromatic carbocycles. The van der Waals surface area contributed by atoms with Crippen molar-refractivity contribution in [3.05, 3.63) is 76.9 Å². The number of aliphatic carboxylic acids is 1. The molecule has 0 aliphatic rings. The second-order valence-corrected chi connectivity index (χ2v) is 7.27. The number of hydrogen-bond donors (Lipinski definition) is 1. The van der Waals surface area contributed by atoms with E-state index in [9.17, 15) is 4.79 Å². The van der Waals surface area contributed by atoms with Crippen molar-refractivity contribution in [3.8, 4) is 22.8 Å². The molecule has 7 heteroatoms. The number of aryl methyl sites for hydroxylation is 1. The van der Waals surface area contributed by atoms with Crippen molar-refractivity contribution >= 4 is 17.6 Å². The van der Waals surface area contributed by atoms with E-state index in [2.05, 4.69) is 0 Å². The first-order chi connectivity index (χ1) is 15.0. The number of rotatable bonds is 10. The molecule has 0 aliphatic heterocycles. The maximum absolute atomic E-state index is 10.7. The number of ether oxygens (including phenoxy) is 3. The molecular weight excluding hydrogens is 418 g/mol. The Morgan fingerprint density at radius 1 is 1.13 bits per heavy atom. The van der Waals surface area contributed by atoms with Crippen LogP contribution in [0.25, 0.3) is 11.3 Å². The summed E-state index contributed by atoms with van der Waals surface area (Å²) in [6.45, 7) is 4.26. The van der Waals surface area contributed by atoms with Gasteiger partial charge in [-0.25, -0.2) is 9.78 Å². The van der Waals surface area contributed by atoms with Crippen LogP contribution in [0.5, 0.6) is 11.5 Å². The average Bonchev–Trinajstić information content (AvgIpc) is 2.76. The summed E-state index contributed by atoms with van der Waals surface area (Å²) in [7, 11) is 0. The third-order valence-corrected chi connectivity index (χ3v) is 4.74. The summed E-state index contributed by atoms with van der Waals surface area (Å²) >= 11 is 5.99. The molecule has 1 heterocycles. The van der Waals surface area contributed by atoms with Gasteiger partial charge in [-0.3, -0.25) is 0 Å². The molecule has 0 fully saturated rings. The van der Waals surface area contributed by atoms with Gasteiger partial charge in [0.2, 0.25) is 0 Å². The third kappa shape index (κ3) is 6.44. The van der Waals surface area contributed by atoms with Gasteiger partial charge in [0, 0.05) is 17.2 Å². The standard InChI is InChI=1S/C24H24ClNO5/c1-3-29-14-23(31-19-11-12-22(16(2)13-19)30-15-24(27)28)21-6-4-5-20(26-21)17-7-9-18(25)10-8-17/h4-13,23H,3,14-15H2,1-2H3,(H,27,28)/t23-/m1/s1. The van der Waals surface area contributed by atoms with E-state index in [1.54, 1.807) is 18.2 Å². The van der Waals surface area contributed by atoms with E-state index in [-0.39, 0.29) is 0 Å². The number of carboxylic acid groups (broad SMARTS) is 1. The molecule has 0 spiro atoms. The number of aromatic nitrogens is 1. The average molecular weight is 442 g/mol. The smallest absolute Gasteiger partial charge is 0.341 e. The number of pyridine rings is 1. The Hall–Kier alpha value is -3.09. The van der Waals surface area contributed by atoms with Gasteiger partial charge >= 0.3 is 5.97 Å². The lowest BCUT2D eigenvalue weighted by Gasteiger charge is -2.20. The molecule has 0 bridgehead atoms. The highest BCUT2D eigenvalue weighted by Gasteiger charge is 2.17. The summed E-state index contributed by atoms with van der Waals surface area (Å²) in [5, 5.41) is 9.46. The fourth-order valence-electron chi connectivity index (χ4n) is 2.98. The van der Waals surface area contributed by atoms with Gasteiger partial charge in [-0.05, 0) is 61.9 Å². The summed E-state index contributed by atoms with van der Waals surface area (Å²) in [5.41, 5.74) is 3.28. The van der Waals surface area contributed by atoms with Gasteiger partial charge < -0.3 is 19.3 Å². The molecule has 6 nitrogen and oxygen atoms in total. The number of benzene rings is 2. The minimum atomic E-state index is -1.02. The van der Waals surface area contributed by atoms with E-state index in [0.717, 1.165) is 22.5 Å². The lowest BCUT2D eigenvalue weighted by atomic mass is 10.1. The molecule has 3 rings (SSSR count). The van der Waals surface area contributed by atoms with E-state index in [0.29, 0.717) is 29.7 Å². The Labute approximate surface area is 186 Å². The summed E-state index contributed by atoms with van der Waals surface area (Å²) in [4.78, 5) is 15.5. The summed E-state index contributed by atoms with van der Waals surface area (Å²) in [6, 6.07) is 18.5. The van der Waals surface area contributed by atoms with Crippen LogP contribution >= 0.6 is 11.6 Å². The predicted molar refractivity (Wildman–Crippen MR) is 119 cm³/mol. The molecule has 31 heavy (non-hydrogen) atoms. The number of nitrogens with zero attached hydrogens (tertiary/aromatic N) is 1. The van der Waals surface area contributed by atoms with Crippen molar-refractivity contribution in [1.82, 2.24) is 4.98 Å². The monoisotopic (exact) mass is 441 g/mol. The van der Waals surface area contributed by atoms with Crippen LogP contribution in [-0.2, 0) is 9.53 Å². The number of hydrogen-bond acceptors (Lipinski definition) is 5. The summed E-state index contributed by atoms with van der Waals surface area (Å²) in [5.74, 6) is 0.0886. The quantitative estimate of drug-likeness (QED) is 0.458. The fraction of sp³-hybridized carbons (Fsp3) is 0.250. The van der Waals surface area contributed by atoms with Crippen LogP contribution in [0.3, 0.4) is 0 Å². The lowest BCUT2D eigenvalue weighted by Crippen LogP contribution is -2.16. The minimum Gasteiger partial charge on any atom is -0.482 e. The Morgan fingerprint density at radius 2 is 1.90 bits per heavy atom. The van der Waals surface area contributed by atoms with Gasteiger partial charge in [0.05, 0.1) is 18.0 Å². The Morgan fingerprint density at radius 3 is 2.58 bits per heavy atom. The van der Waals surface area contributed by atoms with E-state index in [1.165, 1.54) is 0 Å². The molecule has 0 unspecified atom stereocenters. The van der Waals surface area contributed by atoms with Crippen molar-refractivity contribution in [1.29, 1.82) is 0 Å². The van der Waals surface area contributed by atoms with Gasteiger partial charge in [0.25, 0.3) is 0 Å². The molecule has 0 amide bonds. The second-order valence-electron chi connectivity index (χ2n) is 6.83. The Kier molecular flexibility index (Phi) is 7.87. The highest BCUT2D eigenvalue weighted by Crippen LogP contribution is 2.28. The SMILES string of the molecule is CCOC[C@@H](Oc1ccc(OCC(=O)O)c(C)c1)c1cccc(-c2ccc(Cl)cc2)n1. The molecule has 1 N–H and O–H groups in total. The zero-order valence-corrected chi connectivity index (χ0v) is 18.1. The van der Waals surface area contributed by atoms with E-state index >= 15 is 0 Å². The van der Waals surface area contributed by atoms with Crippen LogP contribution < -0.4 is 9.47 Å². The molecular formula is C24H24ClNO5. The number of carboxylic acids is 1. The lowest BCUT2D eigenvalue weighted by molar-refractivity contribution is -0.139. The highest BCUT2D eigenvalue weighted by molar-refractivity contribution is 6.30. The van der Waals surface area contributed by atoms with Crippen LogP contribution in [0, 0.1) is 6.92 Å². The highest BCUT2D eigenvalue weighted by atomic mass is 35.5. The maximum atomic E-state index is 10.7. The summed E-state index contributed by atoms with van der Waals surface area (Å²) < 4.78 is 17.1. The van der Waals surface area contributed by atoms with Crippen LogP contribution in [0.4, 0.5) is 0 Å². The van der Waals surface area contributed by atoms with Gasteiger partial charge in [-0.15, -0.1) is 0 Å². The van der Waals surface area contributed by atoms with Gasteiger partial charge in [-0.1, -0.05) is 29.8 Å². The van der Waals surface area contributed by atoms with Crippen LogP contribution in [0.1, 0.15) is 24.3 Å². The van der Waals surface area contributed by atoms with Crippen molar-refractivity contribution in [3.63, 3.8) is 0 Å². The first-order valence-electron chi connectivity index (χ1n) is 9.88. The van der Waals surface area contributed by atoms with Crippen molar-refractivity contribution in [2.24, 2.45) is 0 Å². The topological polar surface area (TPSA) is 77.9 Å². The van der Waals surface area contributed by atoms with Gasteiger partial charge in [0.15, 0.2) is 12.7 Å². The number of halogens is 1. The molecule has 3 aromatic rings. The van der Waals surface area contributed by atoms with Crippen LogP contribution in [0.15, 0.2) is 60.7 Å². The predicted octanol–water partition coefficient (Wildman–Crippen LogP) is 5.33. The zero-order chi connectivity index (χ0) is 22.2. The largest absolute Gasteiger partial charge is 0.482 e. The van der Waals surface area contributed by atoms with Crippen molar-refractivity contribution < 1.29 is 24.1 Å². The molecule has 0 saturated carbocycles. The molecule has 0 saturated heterocycles. The molecule has 0 radical (unpaired) electrons. The van der Waals surface area contributed by atoms with Gasteiger partial charge in [0.1, 0.15) is 11.5 Å². The fourth-order valence-corrected chi connectivity index (χ4v) is 3.10. The van der Waals surface area contributed by atoms with E-state index < -0.39 is 18.7 Å². The molecule has 0 aliphatic carbocycles. The van der Waals surface area contributed by atoms with Crippen molar-refractivity contribution in [2.75, 3.05) is 19.8 Å². The molecule has 162 valence electrons. The first-order valence-corrected chi connectivity index (χ1v) is 10.3. The van der Waals surface area contributed by atoms with Crippen molar-refractivity contribution in [2.45, 2.75) is 20.0 Å². The molecule has 1 atom stereocenters.